The van der Waals surface area contributed by atoms with Crippen molar-refractivity contribution in [1.82, 2.24) is 14.9 Å². The Morgan fingerprint density at radius 1 is 1.21 bits per heavy atom. The van der Waals surface area contributed by atoms with E-state index in [9.17, 15) is 4.79 Å². The van der Waals surface area contributed by atoms with E-state index >= 15 is 0 Å². The predicted octanol–water partition coefficient (Wildman–Crippen LogP) is 3.95. The van der Waals surface area contributed by atoms with Gasteiger partial charge < -0.3 is 19.0 Å². The lowest BCUT2D eigenvalue weighted by atomic mass is 10.1. The number of rotatable bonds is 4. The number of carbonyl (C=O) groups is 1. The molecular weight excluding hydrogens is 366 g/mol. The number of amides is 1. The molecule has 0 radical (unpaired) electrons. The Bertz CT molecular complexity index is 1180. The number of carbonyl (C=O) groups excluding carboxylic acids is 1. The van der Waals surface area contributed by atoms with Gasteiger partial charge in [-0.3, -0.25) is 4.79 Å². The molecule has 4 aromatic rings. The van der Waals surface area contributed by atoms with Gasteiger partial charge in [0, 0.05) is 30.3 Å². The van der Waals surface area contributed by atoms with Crippen LogP contribution in [0.1, 0.15) is 33.4 Å². The Hall–Kier alpha value is -3.54. The summed E-state index contributed by atoms with van der Waals surface area (Å²) >= 11 is 0. The third-order valence-electron chi connectivity index (χ3n) is 5.32. The van der Waals surface area contributed by atoms with Crippen LogP contribution in [0.15, 0.2) is 59.0 Å². The summed E-state index contributed by atoms with van der Waals surface area (Å²) in [5, 5.41) is 0.956. The molecule has 1 aliphatic heterocycles. The van der Waals surface area contributed by atoms with E-state index in [0.717, 1.165) is 33.7 Å². The summed E-state index contributed by atoms with van der Waals surface area (Å²) in [6.45, 7) is 1.08. The highest BCUT2D eigenvalue weighted by atomic mass is 16.5. The standard InChI is InChI=1S/C23H21N3O3/c1-28-17-7-8-18-16(12-17)13-19(24-18)23(27)26-10-9-21-20(14-26)25-22(29-21)11-15-5-3-2-4-6-15/h2-8,12-13,24H,9-11,14H2,1H3. The molecule has 1 amide bonds. The van der Waals surface area contributed by atoms with Crippen LogP contribution in [0.4, 0.5) is 0 Å². The van der Waals surface area contributed by atoms with Crippen molar-refractivity contribution in [3.8, 4) is 5.75 Å². The second kappa shape index (κ2) is 7.13. The van der Waals surface area contributed by atoms with E-state index in [1.54, 1.807) is 7.11 Å². The van der Waals surface area contributed by atoms with Crippen LogP contribution in [-0.4, -0.2) is 34.4 Å². The van der Waals surface area contributed by atoms with Gasteiger partial charge in [0.1, 0.15) is 22.9 Å². The molecule has 0 unspecified atom stereocenters. The summed E-state index contributed by atoms with van der Waals surface area (Å²) in [6.07, 6.45) is 1.34. The summed E-state index contributed by atoms with van der Waals surface area (Å²) in [4.78, 5) is 22.7. The van der Waals surface area contributed by atoms with Gasteiger partial charge in [0.05, 0.1) is 13.7 Å². The van der Waals surface area contributed by atoms with E-state index in [-0.39, 0.29) is 5.91 Å². The maximum Gasteiger partial charge on any atom is 0.270 e. The van der Waals surface area contributed by atoms with E-state index in [0.29, 0.717) is 37.5 Å². The van der Waals surface area contributed by atoms with E-state index in [1.165, 1.54) is 0 Å². The summed E-state index contributed by atoms with van der Waals surface area (Å²) < 4.78 is 11.2. The Kier molecular flexibility index (Phi) is 4.31. The molecule has 1 N–H and O–H groups in total. The fraction of sp³-hybridized carbons (Fsp3) is 0.217. The van der Waals surface area contributed by atoms with E-state index < -0.39 is 0 Å². The molecule has 1 aliphatic rings. The van der Waals surface area contributed by atoms with E-state index in [4.69, 9.17) is 9.15 Å². The fourth-order valence-corrected chi connectivity index (χ4v) is 3.79. The molecule has 6 nitrogen and oxygen atoms in total. The van der Waals surface area contributed by atoms with Crippen LogP contribution in [0, 0.1) is 0 Å². The number of fused-ring (bicyclic) bond motifs is 2. The van der Waals surface area contributed by atoms with Crippen LogP contribution in [0.5, 0.6) is 5.75 Å². The molecule has 29 heavy (non-hydrogen) atoms. The van der Waals surface area contributed by atoms with E-state index in [2.05, 4.69) is 22.1 Å². The van der Waals surface area contributed by atoms with Crippen LogP contribution in [0.25, 0.3) is 10.9 Å². The van der Waals surface area contributed by atoms with Crippen molar-refractivity contribution in [3.05, 3.63) is 83.2 Å². The first-order valence-corrected chi connectivity index (χ1v) is 9.67. The molecule has 0 saturated heterocycles. The zero-order chi connectivity index (χ0) is 19.8. The number of ether oxygens (including phenoxy) is 1. The zero-order valence-electron chi connectivity index (χ0n) is 16.1. The van der Waals surface area contributed by atoms with Crippen LogP contribution >= 0.6 is 0 Å². The van der Waals surface area contributed by atoms with Gasteiger partial charge in [-0.05, 0) is 29.8 Å². The molecule has 0 atom stereocenters. The number of aromatic nitrogens is 2. The number of hydrogen-bond donors (Lipinski definition) is 1. The minimum atomic E-state index is -0.0292. The van der Waals surface area contributed by atoms with Gasteiger partial charge in [-0.15, -0.1) is 0 Å². The molecule has 2 aromatic carbocycles. The first-order chi connectivity index (χ1) is 14.2. The van der Waals surface area contributed by atoms with Gasteiger partial charge in [-0.1, -0.05) is 30.3 Å². The second-order valence-corrected chi connectivity index (χ2v) is 7.25. The molecule has 0 spiro atoms. The number of benzene rings is 2. The van der Waals surface area contributed by atoms with Crippen molar-refractivity contribution in [2.24, 2.45) is 0 Å². The Balaban J connectivity index is 1.34. The number of nitrogens with zero attached hydrogens (tertiary/aromatic N) is 2. The normalized spacial score (nSPS) is 13.5. The maximum absolute atomic E-state index is 13.0. The molecule has 0 aliphatic carbocycles. The fourth-order valence-electron chi connectivity index (χ4n) is 3.79. The number of nitrogens with one attached hydrogen (secondary N) is 1. The van der Waals surface area contributed by atoms with Crippen LogP contribution in [0.2, 0.25) is 0 Å². The Labute approximate surface area is 168 Å². The van der Waals surface area contributed by atoms with Crippen LogP contribution < -0.4 is 4.74 Å². The number of hydrogen-bond acceptors (Lipinski definition) is 4. The molecule has 6 heteroatoms. The number of H-pyrrole nitrogens is 1. The van der Waals surface area contributed by atoms with Crippen molar-refractivity contribution in [2.45, 2.75) is 19.4 Å². The van der Waals surface area contributed by atoms with Crippen molar-refractivity contribution >= 4 is 16.8 Å². The third-order valence-corrected chi connectivity index (χ3v) is 5.32. The van der Waals surface area contributed by atoms with Gasteiger partial charge in [0.2, 0.25) is 0 Å². The molecule has 0 fully saturated rings. The van der Waals surface area contributed by atoms with E-state index in [1.807, 2.05) is 47.4 Å². The monoisotopic (exact) mass is 387 g/mol. The minimum Gasteiger partial charge on any atom is -0.497 e. The van der Waals surface area contributed by atoms with Gasteiger partial charge >= 0.3 is 0 Å². The average Bonchev–Trinajstić information content (AvgIpc) is 3.36. The smallest absolute Gasteiger partial charge is 0.270 e. The lowest BCUT2D eigenvalue weighted by Gasteiger charge is -2.24. The number of aromatic amines is 1. The van der Waals surface area contributed by atoms with Crippen molar-refractivity contribution in [3.63, 3.8) is 0 Å². The quantitative estimate of drug-likeness (QED) is 0.575. The summed E-state index contributed by atoms with van der Waals surface area (Å²) in [5.41, 5.74) is 3.50. The molecule has 5 rings (SSSR count). The molecular formula is C23H21N3O3. The minimum absolute atomic E-state index is 0.0292. The first-order valence-electron chi connectivity index (χ1n) is 9.67. The SMILES string of the molecule is COc1ccc2[nH]c(C(=O)N3CCc4oc(Cc5ccccc5)nc4C3)cc2c1. The molecule has 3 heterocycles. The van der Waals surface area contributed by atoms with Crippen molar-refractivity contribution in [2.75, 3.05) is 13.7 Å². The highest BCUT2D eigenvalue weighted by molar-refractivity contribution is 5.98. The molecule has 2 aromatic heterocycles. The summed E-state index contributed by atoms with van der Waals surface area (Å²) in [6, 6.07) is 17.7. The van der Waals surface area contributed by atoms with Crippen LogP contribution in [-0.2, 0) is 19.4 Å². The van der Waals surface area contributed by atoms with Crippen molar-refractivity contribution in [1.29, 1.82) is 0 Å². The lowest BCUT2D eigenvalue weighted by molar-refractivity contribution is 0.0723. The summed E-state index contributed by atoms with van der Waals surface area (Å²) in [7, 11) is 1.63. The van der Waals surface area contributed by atoms with Crippen LogP contribution in [0.3, 0.4) is 0 Å². The number of oxazole rings is 1. The van der Waals surface area contributed by atoms with Gasteiger partial charge in [0.15, 0.2) is 5.89 Å². The predicted molar refractivity (Wildman–Crippen MR) is 109 cm³/mol. The van der Waals surface area contributed by atoms with Gasteiger partial charge in [0.25, 0.3) is 5.91 Å². The Morgan fingerprint density at radius 2 is 2.07 bits per heavy atom. The van der Waals surface area contributed by atoms with Crippen molar-refractivity contribution < 1.29 is 13.9 Å². The molecule has 146 valence electrons. The number of methoxy groups -OCH3 is 1. The lowest BCUT2D eigenvalue weighted by Crippen LogP contribution is -2.36. The average molecular weight is 387 g/mol. The first kappa shape index (κ1) is 17.6. The van der Waals surface area contributed by atoms with Gasteiger partial charge in [-0.25, -0.2) is 4.98 Å². The summed E-state index contributed by atoms with van der Waals surface area (Å²) in [5.74, 6) is 2.33. The molecule has 0 bridgehead atoms. The second-order valence-electron chi connectivity index (χ2n) is 7.25. The molecule has 0 saturated carbocycles. The third kappa shape index (κ3) is 3.38. The Morgan fingerprint density at radius 3 is 2.90 bits per heavy atom. The zero-order valence-corrected chi connectivity index (χ0v) is 16.1. The topological polar surface area (TPSA) is 71.4 Å². The van der Waals surface area contributed by atoms with Gasteiger partial charge in [-0.2, -0.15) is 0 Å². The maximum atomic E-state index is 13.0. The highest BCUT2D eigenvalue weighted by Gasteiger charge is 2.27. The largest absolute Gasteiger partial charge is 0.497 e. The highest BCUT2D eigenvalue weighted by Crippen LogP contribution is 2.25.